The number of esters is 1. The molecule has 0 radical (unpaired) electrons. The molecule has 0 saturated carbocycles. The standard InChI is InChI=1S/C14H15F2NO3/c1-8(9-3-4-11(15)12(16)5-9)17-7-10(6-13(17)18)14(19)20-2/h3-5,8,10H,6-7H2,1-2H3. The van der Waals surface area contributed by atoms with Gasteiger partial charge < -0.3 is 9.64 Å². The summed E-state index contributed by atoms with van der Waals surface area (Å²) in [5, 5.41) is 0. The van der Waals surface area contributed by atoms with Crippen molar-refractivity contribution in [3.05, 3.63) is 35.4 Å². The van der Waals surface area contributed by atoms with Crippen LogP contribution in [0.3, 0.4) is 0 Å². The van der Waals surface area contributed by atoms with Crippen LogP contribution in [-0.4, -0.2) is 30.4 Å². The van der Waals surface area contributed by atoms with E-state index in [0.29, 0.717) is 5.56 Å². The van der Waals surface area contributed by atoms with Crippen LogP contribution in [0.4, 0.5) is 8.78 Å². The number of rotatable bonds is 3. The molecule has 4 nitrogen and oxygen atoms in total. The highest BCUT2D eigenvalue weighted by Crippen LogP contribution is 2.29. The van der Waals surface area contributed by atoms with E-state index in [1.807, 2.05) is 0 Å². The number of carbonyl (C=O) groups excluding carboxylic acids is 2. The highest BCUT2D eigenvalue weighted by atomic mass is 19.2. The number of likely N-dealkylation sites (tertiary alicyclic amines) is 1. The Labute approximate surface area is 115 Å². The van der Waals surface area contributed by atoms with E-state index >= 15 is 0 Å². The minimum atomic E-state index is -0.953. The molecule has 1 heterocycles. The fourth-order valence-electron chi connectivity index (χ4n) is 2.38. The first-order valence-electron chi connectivity index (χ1n) is 6.26. The Hall–Kier alpha value is -1.98. The first kappa shape index (κ1) is 14.4. The molecule has 20 heavy (non-hydrogen) atoms. The van der Waals surface area contributed by atoms with Gasteiger partial charge in [0.05, 0.1) is 19.1 Å². The zero-order chi connectivity index (χ0) is 14.9. The monoisotopic (exact) mass is 283 g/mol. The van der Waals surface area contributed by atoms with Crippen molar-refractivity contribution in [3.63, 3.8) is 0 Å². The summed E-state index contributed by atoms with van der Waals surface area (Å²) in [6.45, 7) is 1.94. The van der Waals surface area contributed by atoms with Gasteiger partial charge in [-0.3, -0.25) is 9.59 Å². The van der Waals surface area contributed by atoms with Crippen LogP contribution < -0.4 is 0 Å². The lowest BCUT2D eigenvalue weighted by molar-refractivity contribution is -0.145. The molecule has 1 saturated heterocycles. The van der Waals surface area contributed by atoms with E-state index in [1.54, 1.807) is 6.92 Å². The number of amides is 1. The second-order valence-corrected chi connectivity index (χ2v) is 4.82. The van der Waals surface area contributed by atoms with Crippen molar-refractivity contribution < 1.29 is 23.1 Å². The molecule has 1 aromatic rings. The van der Waals surface area contributed by atoms with Gasteiger partial charge in [-0.2, -0.15) is 0 Å². The average molecular weight is 283 g/mol. The predicted molar refractivity (Wildman–Crippen MR) is 66.6 cm³/mol. The molecule has 1 aliphatic rings. The van der Waals surface area contributed by atoms with Crippen molar-refractivity contribution >= 4 is 11.9 Å². The first-order valence-corrected chi connectivity index (χ1v) is 6.26. The number of carbonyl (C=O) groups is 2. The van der Waals surface area contributed by atoms with Crippen LogP contribution in [0.1, 0.15) is 24.9 Å². The number of hydrogen-bond donors (Lipinski definition) is 0. The van der Waals surface area contributed by atoms with Gasteiger partial charge >= 0.3 is 5.97 Å². The second kappa shape index (κ2) is 5.56. The summed E-state index contributed by atoms with van der Waals surface area (Å²) in [7, 11) is 1.27. The normalized spacial score (nSPS) is 20.1. The highest BCUT2D eigenvalue weighted by Gasteiger charge is 2.37. The van der Waals surface area contributed by atoms with Gasteiger partial charge in [0.2, 0.25) is 5.91 Å². The van der Waals surface area contributed by atoms with Crippen molar-refractivity contribution in [2.24, 2.45) is 5.92 Å². The summed E-state index contributed by atoms with van der Waals surface area (Å²) in [5.41, 5.74) is 0.489. The van der Waals surface area contributed by atoms with E-state index in [-0.39, 0.29) is 18.9 Å². The zero-order valence-corrected chi connectivity index (χ0v) is 11.2. The Bertz CT molecular complexity index is 547. The van der Waals surface area contributed by atoms with Gasteiger partial charge in [0.1, 0.15) is 0 Å². The van der Waals surface area contributed by atoms with E-state index in [9.17, 15) is 18.4 Å². The van der Waals surface area contributed by atoms with Gasteiger partial charge in [0.15, 0.2) is 11.6 Å². The first-order chi connectivity index (χ1) is 9.43. The molecular weight excluding hydrogens is 268 g/mol. The summed E-state index contributed by atoms with van der Waals surface area (Å²) in [6, 6.07) is 3.10. The zero-order valence-electron chi connectivity index (χ0n) is 11.2. The molecule has 1 aromatic carbocycles. The SMILES string of the molecule is COC(=O)C1CC(=O)N(C(C)c2ccc(F)c(F)c2)C1. The van der Waals surface area contributed by atoms with Crippen LogP contribution in [0.5, 0.6) is 0 Å². The molecule has 0 bridgehead atoms. The Morgan fingerprint density at radius 2 is 2.10 bits per heavy atom. The summed E-state index contributed by atoms with van der Waals surface area (Å²) < 4.78 is 30.8. The minimum absolute atomic E-state index is 0.0840. The van der Waals surface area contributed by atoms with Gasteiger partial charge in [0.25, 0.3) is 0 Å². The highest BCUT2D eigenvalue weighted by molar-refractivity contribution is 5.87. The smallest absolute Gasteiger partial charge is 0.310 e. The molecule has 6 heteroatoms. The van der Waals surface area contributed by atoms with E-state index in [0.717, 1.165) is 12.1 Å². The van der Waals surface area contributed by atoms with Gasteiger partial charge in [-0.25, -0.2) is 8.78 Å². The number of benzene rings is 1. The van der Waals surface area contributed by atoms with E-state index in [2.05, 4.69) is 4.74 Å². The number of methoxy groups -OCH3 is 1. The lowest BCUT2D eigenvalue weighted by atomic mass is 10.1. The third kappa shape index (κ3) is 2.64. The largest absolute Gasteiger partial charge is 0.469 e. The fraction of sp³-hybridized carbons (Fsp3) is 0.429. The van der Waals surface area contributed by atoms with Gasteiger partial charge in [-0.15, -0.1) is 0 Å². The van der Waals surface area contributed by atoms with E-state index < -0.39 is 29.6 Å². The molecule has 1 aliphatic heterocycles. The fourth-order valence-corrected chi connectivity index (χ4v) is 2.38. The molecule has 2 atom stereocenters. The maximum absolute atomic E-state index is 13.2. The Morgan fingerprint density at radius 3 is 2.70 bits per heavy atom. The molecule has 0 aliphatic carbocycles. The van der Waals surface area contributed by atoms with Crippen molar-refractivity contribution in [3.8, 4) is 0 Å². The van der Waals surface area contributed by atoms with Crippen LogP contribution in [-0.2, 0) is 14.3 Å². The van der Waals surface area contributed by atoms with Crippen molar-refractivity contribution in [2.45, 2.75) is 19.4 Å². The van der Waals surface area contributed by atoms with Crippen molar-refractivity contribution in [2.75, 3.05) is 13.7 Å². The third-order valence-electron chi connectivity index (χ3n) is 3.59. The molecule has 0 spiro atoms. The maximum atomic E-state index is 13.2. The van der Waals surface area contributed by atoms with Crippen molar-refractivity contribution in [1.82, 2.24) is 4.90 Å². The van der Waals surface area contributed by atoms with Gasteiger partial charge in [-0.1, -0.05) is 6.07 Å². The van der Waals surface area contributed by atoms with Gasteiger partial charge in [-0.05, 0) is 24.6 Å². The van der Waals surface area contributed by atoms with E-state index in [1.165, 1.54) is 18.1 Å². The second-order valence-electron chi connectivity index (χ2n) is 4.82. The maximum Gasteiger partial charge on any atom is 0.310 e. The summed E-state index contributed by atoms with van der Waals surface area (Å²) in [4.78, 5) is 24.9. The molecule has 108 valence electrons. The molecule has 1 fully saturated rings. The number of halogens is 2. The molecule has 2 rings (SSSR count). The van der Waals surface area contributed by atoms with Crippen molar-refractivity contribution in [1.29, 1.82) is 0 Å². The molecular formula is C14H15F2NO3. The van der Waals surface area contributed by atoms with Crippen LogP contribution in [0, 0.1) is 17.6 Å². The van der Waals surface area contributed by atoms with Gasteiger partial charge in [0, 0.05) is 13.0 Å². The molecule has 0 aromatic heterocycles. The molecule has 0 N–H and O–H groups in total. The number of nitrogens with zero attached hydrogens (tertiary/aromatic N) is 1. The molecule has 2 unspecified atom stereocenters. The Morgan fingerprint density at radius 1 is 1.40 bits per heavy atom. The third-order valence-corrected chi connectivity index (χ3v) is 3.59. The van der Waals surface area contributed by atoms with Crippen LogP contribution in [0.15, 0.2) is 18.2 Å². The summed E-state index contributed by atoms with van der Waals surface area (Å²) >= 11 is 0. The van der Waals surface area contributed by atoms with Crippen LogP contribution in [0.2, 0.25) is 0 Å². The minimum Gasteiger partial charge on any atom is -0.469 e. The number of hydrogen-bond acceptors (Lipinski definition) is 3. The number of ether oxygens (including phenoxy) is 1. The predicted octanol–water partition coefficient (Wildman–Crippen LogP) is 2.05. The lowest BCUT2D eigenvalue weighted by Gasteiger charge is -2.25. The Balaban J connectivity index is 2.16. The molecule has 1 amide bonds. The summed E-state index contributed by atoms with van der Waals surface area (Å²) in [6.07, 6.45) is 0.0840. The topological polar surface area (TPSA) is 46.6 Å². The van der Waals surface area contributed by atoms with Crippen LogP contribution >= 0.6 is 0 Å². The average Bonchev–Trinajstić information content (AvgIpc) is 2.82. The lowest BCUT2D eigenvalue weighted by Crippen LogP contribution is -2.29. The van der Waals surface area contributed by atoms with Crippen LogP contribution in [0.25, 0.3) is 0 Å². The summed E-state index contributed by atoms with van der Waals surface area (Å²) in [5.74, 6) is -3.01. The van der Waals surface area contributed by atoms with E-state index in [4.69, 9.17) is 0 Å². The Kier molecular flexibility index (Phi) is 4.01. The quantitative estimate of drug-likeness (QED) is 0.798.